The Balaban J connectivity index is 1.95. The van der Waals surface area contributed by atoms with E-state index in [-0.39, 0.29) is 39.6 Å². The van der Waals surface area contributed by atoms with Crippen molar-refractivity contribution in [3.63, 3.8) is 0 Å². The van der Waals surface area contributed by atoms with Crippen LogP contribution in [-0.2, 0) is 9.84 Å². The van der Waals surface area contributed by atoms with E-state index in [9.17, 15) is 31.5 Å². The molecule has 0 aliphatic heterocycles. The van der Waals surface area contributed by atoms with Gasteiger partial charge in [0.2, 0.25) is 0 Å². The monoisotopic (exact) mass is 475 g/mol. The Labute approximate surface area is 183 Å². The van der Waals surface area contributed by atoms with Crippen molar-refractivity contribution in [1.29, 1.82) is 0 Å². The summed E-state index contributed by atoms with van der Waals surface area (Å²) in [7, 11) is -3.96. The number of sulfone groups is 1. The van der Waals surface area contributed by atoms with Gasteiger partial charge in [-0.25, -0.2) is 21.6 Å². The molecule has 2 aromatic carbocycles. The van der Waals surface area contributed by atoms with Crippen molar-refractivity contribution in [2.24, 2.45) is 0 Å². The van der Waals surface area contributed by atoms with Crippen LogP contribution in [0.15, 0.2) is 29.2 Å². The van der Waals surface area contributed by atoms with Crippen molar-refractivity contribution >= 4 is 33.0 Å². The number of halogens is 4. The molecule has 0 aromatic heterocycles. The maximum atomic E-state index is 13.8. The van der Waals surface area contributed by atoms with Gasteiger partial charge in [0.05, 0.1) is 20.8 Å². The van der Waals surface area contributed by atoms with Crippen molar-refractivity contribution in [3.05, 3.63) is 57.9 Å². The molecule has 1 saturated carbocycles. The van der Waals surface area contributed by atoms with Gasteiger partial charge >= 0.3 is 0 Å². The maximum Gasteiger partial charge on any atom is 0.255 e. The van der Waals surface area contributed by atoms with Crippen molar-refractivity contribution in [3.8, 4) is 0 Å². The third-order valence-corrected chi connectivity index (χ3v) is 8.86. The largest absolute Gasteiger partial charge is 0.393 e. The smallest absolute Gasteiger partial charge is 0.255 e. The van der Waals surface area contributed by atoms with Crippen LogP contribution in [0.25, 0.3) is 0 Å². The fraction of sp³-hybridized carbons (Fsp3) is 0.381. The molecular formula is C21H21ClF3NO4S. The van der Waals surface area contributed by atoms with Crippen LogP contribution in [0.3, 0.4) is 0 Å². The molecule has 0 spiro atoms. The van der Waals surface area contributed by atoms with Gasteiger partial charge in [-0.2, -0.15) is 0 Å². The van der Waals surface area contributed by atoms with Gasteiger partial charge in [0, 0.05) is 22.9 Å². The number of amides is 1. The number of hydrogen-bond donors (Lipinski definition) is 2. The van der Waals surface area contributed by atoms with Crippen LogP contribution in [0.5, 0.6) is 0 Å². The van der Waals surface area contributed by atoms with Crippen molar-refractivity contribution in [2.75, 3.05) is 5.32 Å². The number of anilines is 1. The molecular weight excluding hydrogens is 455 g/mol. The number of nitrogens with one attached hydrogen (secondary N) is 1. The van der Waals surface area contributed by atoms with Gasteiger partial charge in [-0.15, -0.1) is 0 Å². The highest BCUT2D eigenvalue weighted by atomic mass is 35.5. The van der Waals surface area contributed by atoms with E-state index in [1.807, 2.05) is 0 Å². The molecule has 5 nitrogen and oxygen atoms in total. The van der Waals surface area contributed by atoms with Gasteiger partial charge in [-0.3, -0.25) is 4.79 Å². The number of carbonyl (C=O) groups excluding carboxylic acids is 1. The first kappa shape index (κ1) is 23.6. The Morgan fingerprint density at radius 3 is 2.39 bits per heavy atom. The Hall–Kier alpha value is -2.10. The second-order valence-corrected chi connectivity index (χ2v) is 10.8. The minimum absolute atomic E-state index is 0.0704. The van der Waals surface area contributed by atoms with Crippen LogP contribution >= 0.6 is 11.6 Å². The van der Waals surface area contributed by atoms with E-state index in [0.29, 0.717) is 18.9 Å². The Kier molecular flexibility index (Phi) is 6.42. The Morgan fingerprint density at radius 1 is 1.16 bits per heavy atom. The molecule has 1 aliphatic carbocycles. The number of aliphatic hydroxyl groups is 1. The number of aliphatic hydroxyl groups excluding tert-OH is 1. The molecule has 1 amide bonds. The summed E-state index contributed by atoms with van der Waals surface area (Å²) in [6, 6.07) is 4.28. The molecule has 3 rings (SSSR count). The second-order valence-electron chi connectivity index (χ2n) is 7.94. The number of rotatable bonds is 4. The molecule has 31 heavy (non-hydrogen) atoms. The molecule has 2 aromatic rings. The lowest BCUT2D eigenvalue weighted by Crippen LogP contribution is -2.40. The number of benzene rings is 2. The predicted molar refractivity (Wildman–Crippen MR) is 111 cm³/mol. The highest BCUT2D eigenvalue weighted by Gasteiger charge is 2.44. The van der Waals surface area contributed by atoms with Gasteiger partial charge in [0.15, 0.2) is 27.3 Å². The molecule has 0 heterocycles. The normalized spacial score (nSPS) is 21.7. The Bertz CT molecular complexity index is 1150. The van der Waals surface area contributed by atoms with Crippen molar-refractivity contribution in [2.45, 2.75) is 55.3 Å². The summed E-state index contributed by atoms with van der Waals surface area (Å²) >= 11 is 6.14. The van der Waals surface area contributed by atoms with Gasteiger partial charge in [-0.05, 0) is 57.7 Å². The molecule has 0 bridgehead atoms. The maximum absolute atomic E-state index is 13.8. The summed E-state index contributed by atoms with van der Waals surface area (Å²) in [5.74, 6) is -5.39. The highest BCUT2D eigenvalue weighted by molar-refractivity contribution is 7.93. The lowest BCUT2D eigenvalue weighted by atomic mass is 9.88. The lowest BCUT2D eigenvalue weighted by Gasteiger charge is -2.35. The minimum atomic E-state index is -3.96. The van der Waals surface area contributed by atoms with Crippen molar-refractivity contribution < 1.29 is 31.5 Å². The minimum Gasteiger partial charge on any atom is -0.393 e. The van der Waals surface area contributed by atoms with Crippen LogP contribution in [0.4, 0.5) is 18.9 Å². The average molecular weight is 476 g/mol. The van der Waals surface area contributed by atoms with Gasteiger partial charge in [0.25, 0.3) is 5.91 Å². The zero-order chi connectivity index (χ0) is 23.1. The van der Waals surface area contributed by atoms with Crippen LogP contribution < -0.4 is 5.32 Å². The molecule has 1 fully saturated rings. The molecule has 10 heteroatoms. The van der Waals surface area contributed by atoms with E-state index in [4.69, 9.17) is 11.6 Å². The zero-order valence-electron chi connectivity index (χ0n) is 16.8. The first-order chi connectivity index (χ1) is 14.4. The zero-order valence-corrected chi connectivity index (χ0v) is 18.4. The van der Waals surface area contributed by atoms with Crippen LogP contribution in [0, 0.1) is 24.4 Å². The summed E-state index contributed by atoms with van der Waals surface area (Å²) in [6.07, 6.45) is 0.562. The molecule has 0 saturated heterocycles. The van der Waals surface area contributed by atoms with Crippen LogP contribution in [0.1, 0.15) is 48.5 Å². The summed E-state index contributed by atoms with van der Waals surface area (Å²) in [4.78, 5) is 12.4. The first-order valence-electron chi connectivity index (χ1n) is 9.55. The van der Waals surface area contributed by atoms with Crippen LogP contribution in [-0.4, -0.2) is 30.3 Å². The molecule has 0 radical (unpaired) electrons. The third kappa shape index (κ3) is 4.31. The number of carbonyl (C=O) groups is 1. The fourth-order valence-electron chi connectivity index (χ4n) is 3.61. The molecule has 1 aliphatic rings. The topological polar surface area (TPSA) is 83.5 Å². The highest BCUT2D eigenvalue weighted by Crippen LogP contribution is 2.41. The average Bonchev–Trinajstić information content (AvgIpc) is 2.72. The summed E-state index contributed by atoms with van der Waals surface area (Å²) in [5.41, 5.74) is -0.691. The first-order valence-corrected chi connectivity index (χ1v) is 11.4. The van der Waals surface area contributed by atoms with Crippen LogP contribution in [0.2, 0.25) is 5.02 Å². The standard InChI is InChI=1S/C21H21ClF3NO4S/c1-11-16(10-15(23)19(25)18(11)24)26-20(28)12-3-4-14(22)17(9-12)31(29,30)21(2)7-5-13(27)6-8-21/h3-4,9-10,13,27H,5-8H2,1-2H3,(H,26,28)/t13-,21-. The molecule has 0 atom stereocenters. The van der Waals surface area contributed by atoms with E-state index in [0.717, 1.165) is 6.07 Å². The van der Waals surface area contributed by atoms with Gasteiger partial charge in [0.1, 0.15) is 0 Å². The molecule has 0 unspecified atom stereocenters. The predicted octanol–water partition coefficient (Wildman–Crippen LogP) is 4.79. The SMILES string of the molecule is Cc1c(NC(=O)c2ccc(Cl)c(S(=O)(=O)[C@]3(C)CC[C@@H](O)CC3)c2)cc(F)c(F)c1F. The number of hydrogen-bond acceptors (Lipinski definition) is 4. The molecule has 168 valence electrons. The Morgan fingerprint density at radius 2 is 1.77 bits per heavy atom. The second kappa shape index (κ2) is 8.44. The quantitative estimate of drug-likeness (QED) is 0.623. The summed E-state index contributed by atoms with van der Waals surface area (Å²) in [6.45, 7) is 2.74. The van der Waals surface area contributed by atoms with E-state index in [1.165, 1.54) is 19.1 Å². The van der Waals surface area contributed by atoms with E-state index in [2.05, 4.69) is 5.32 Å². The summed E-state index contributed by atoms with van der Waals surface area (Å²) in [5, 5.41) is 11.9. The summed E-state index contributed by atoms with van der Waals surface area (Å²) < 4.78 is 66.1. The van der Waals surface area contributed by atoms with E-state index in [1.54, 1.807) is 6.92 Å². The van der Waals surface area contributed by atoms with Gasteiger partial charge in [-0.1, -0.05) is 11.6 Å². The van der Waals surface area contributed by atoms with E-state index < -0.39 is 44.0 Å². The third-order valence-electron chi connectivity index (χ3n) is 5.80. The molecule has 2 N–H and O–H groups in total. The lowest BCUT2D eigenvalue weighted by molar-refractivity contribution is 0.102. The fourth-order valence-corrected chi connectivity index (χ4v) is 5.94. The van der Waals surface area contributed by atoms with Crippen molar-refractivity contribution in [1.82, 2.24) is 0 Å². The van der Waals surface area contributed by atoms with Gasteiger partial charge < -0.3 is 10.4 Å². The van der Waals surface area contributed by atoms with E-state index >= 15 is 0 Å².